The largest absolute Gasteiger partial charge is 0.387 e. The molecule has 0 rings (SSSR count). The maximum atomic E-state index is 12.2. The summed E-state index contributed by atoms with van der Waals surface area (Å²) in [5, 5.41) is 53.0. The van der Waals surface area contributed by atoms with E-state index in [2.05, 4.69) is 57.2 Å². The molecule has 4 amide bonds. The van der Waals surface area contributed by atoms with E-state index < -0.39 is 61.1 Å². The van der Waals surface area contributed by atoms with Gasteiger partial charge in [-0.1, -0.05) is 27.2 Å². The van der Waals surface area contributed by atoms with Crippen LogP contribution >= 0.6 is 0 Å². The number of nitrogens with zero attached hydrogens (tertiary/aromatic N) is 2. The van der Waals surface area contributed by atoms with Crippen LogP contribution in [0.25, 0.3) is 0 Å². The van der Waals surface area contributed by atoms with Crippen molar-refractivity contribution in [2.45, 2.75) is 70.9 Å². The summed E-state index contributed by atoms with van der Waals surface area (Å²) in [4.78, 5) is 52.8. The Hall–Kier alpha value is -2.40. The van der Waals surface area contributed by atoms with Crippen molar-refractivity contribution in [2.75, 3.05) is 79.0 Å². The fourth-order valence-corrected chi connectivity index (χ4v) is 4.01. The fourth-order valence-electron chi connectivity index (χ4n) is 4.01. The number of carbonyl (C=O) groups is 4. The summed E-state index contributed by atoms with van der Waals surface area (Å²) in [6, 6.07) is 0. The molecule has 0 aromatic heterocycles. The van der Waals surface area contributed by atoms with E-state index in [4.69, 9.17) is 0 Å². The lowest BCUT2D eigenvalue weighted by Crippen LogP contribution is -2.55. The van der Waals surface area contributed by atoms with Crippen LogP contribution in [0, 0.1) is 0 Å². The summed E-state index contributed by atoms with van der Waals surface area (Å²) in [6.07, 6.45) is -4.89. The molecule has 15 nitrogen and oxygen atoms in total. The average molecular weight is 606 g/mol. The Balaban J connectivity index is 4.48. The molecular formula is C27H55N7O8. The van der Waals surface area contributed by atoms with E-state index in [0.29, 0.717) is 26.2 Å². The minimum Gasteiger partial charge on any atom is -0.387 e. The molecule has 246 valence electrons. The van der Waals surface area contributed by atoms with Gasteiger partial charge < -0.3 is 56.8 Å². The van der Waals surface area contributed by atoms with Crippen LogP contribution in [0.15, 0.2) is 0 Å². The molecule has 0 bridgehead atoms. The van der Waals surface area contributed by atoms with Crippen molar-refractivity contribution < 1.29 is 39.6 Å². The van der Waals surface area contributed by atoms with Gasteiger partial charge in [-0.05, 0) is 45.9 Å². The highest BCUT2D eigenvalue weighted by Gasteiger charge is 2.37. The maximum Gasteiger partial charge on any atom is 0.252 e. The lowest BCUT2D eigenvalue weighted by Gasteiger charge is -2.25. The van der Waals surface area contributed by atoms with Crippen molar-refractivity contribution in [3.8, 4) is 0 Å². The normalized spacial score (nSPS) is 14.2. The Labute approximate surface area is 249 Å². The van der Waals surface area contributed by atoms with Crippen LogP contribution in [0.3, 0.4) is 0 Å². The summed E-state index contributed by atoms with van der Waals surface area (Å²) in [5.41, 5.74) is 0. The summed E-state index contributed by atoms with van der Waals surface area (Å²) >= 11 is 0. The van der Waals surface area contributed by atoms with Gasteiger partial charge in [-0.25, -0.2) is 0 Å². The lowest BCUT2D eigenvalue weighted by atomic mass is 10.0. The highest BCUT2D eigenvalue weighted by Crippen LogP contribution is 2.06. The zero-order chi connectivity index (χ0) is 31.9. The zero-order valence-electron chi connectivity index (χ0n) is 25.7. The SMILES string of the molecule is CCCCN(CCC)CCNC(=O)CNC(=O)[C@@H](O)[C@@H](O)[C@H](O)[C@@H](O)C(=O)NCC(=O)NCCN(CCC)CCNC. The molecule has 0 aliphatic heterocycles. The first-order chi connectivity index (χ1) is 20.0. The summed E-state index contributed by atoms with van der Waals surface area (Å²) in [7, 11) is 1.85. The Morgan fingerprint density at radius 2 is 0.976 bits per heavy atom. The Kier molecular flexibility index (Phi) is 22.7. The third-order valence-electron chi connectivity index (χ3n) is 6.47. The van der Waals surface area contributed by atoms with Gasteiger partial charge in [-0.2, -0.15) is 0 Å². The first kappa shape index (κ1) is 39.6. The molecule has 0 aliphatic rings. The number of rotatable bonds is 25. The Morgan fingerprint density at radius 1 is 0.571 bits per heavy atom. The second-order valence-electron chi connectivity index (χ2n) is 10.1. The van der Waals surface area contributed by atoms with Crippen LogP contribution in [0.1, 0.15) is 46.5 Å². The van der Waals surface area contributed by atoms with E-state index in [1.807, 2.05) is 7.05 Å². The molecule has 0 saturated carbocycles. The predicted octanol–water partition coefficient (Wildman–Crippen LogP) is -3.66. The molecule has 0 aliphatic carbocycles. The number of aliphatic hydroxyl groups excluding tert-OH is 4. The Bertz CT molecular complexity index is 715. The first-order valence-corrected chi connectivity index (χ1v) is 14.9. The van der Waals surface area contributed by atoms with Crippen LogP contribution in [-0.4, -0.2) is 157 Å². The number of likely N-dealkylation sites (N-methyl/N-ethyl adjacent to an activating group) is 1. The minimum atomic E-state index is -2.25. The van der Waals surface area contributed by atoms with Gasteiger partial charge in [0.1, 0.15) is 12.2 Å². The van der Waals surface area contributed by atoms with Crippen molar-refractivity contribution in [2.24, 2.45) is 0 Å². The van der Waals surface area contributed by atoms with Crippen molar-refractivity contribution in [3.63, 3.8) is 0 Å². The van der Waals surface area contributed by atoms with Crippen molar-refractivity contribution in [3.05, 3.63) is 0 Å². The molecule has 9 N–H and O–H groups in total. The molecule has 0 heterocycles. The minimum absolute atomic E-state index is 0.345. The monoisotopic (exact) mass is 605 g/mol. The van der Waals surface area contributed by atoms with Gasteiger partial charge in [0.15, 0.2) is 12.2 Å². The molecule has 0 radical (unpaired) electrons. The number of hydrogen-bond acceptors (Lipinski definition) is 11. The number of nitrogens with one attached hydrogen (secondary N) is 5. The van der Waals surface area contributed by atoms with Crippen LogP contribution in [0.5, 0.6) is 0 Å². The quantitative estimate of drug-likeness (QED) is 0.0494. The van der Waals surface area contributed by atoms with Gasteiger partial charge in [-0.15, -0.1) is 0 Å². The number of unbranched alkanes of at least 4 members (excludes halogenated alkanes) is 1. The van der Waals surface area contributed by atoms with E-state index in [9.17, 15) is 39.6 Å². The summed E-state index contributed by atoms with van der Waals surface area (Å²) in [6.45, 7) is 11.6. The fraction of sp³-hybridized carbons (Fsp3) is 0.852. The van der Waals surface area contributed by atoms with Crippen molar-refractivity contribution in [1.29, 1.82) is 0 Å². The average Bonchev–Trinajstić information content (AvgIpc) is 2.98. The summed E-state index contributed by atoms with van der Waals surface area (Å²) in [5.74, 6) is -3.38. The molecular weight excluding hydrogens is 550 g/mol. The summed E-state index contributed by atoms with van der Waals surface area (Å²) < 4.78 is 0. The van der Waals surface area contributed by atoms with E-state index >= 15 is 0 Å². The van der Waals surface area contributed by atoms with Gasteiger partial charge in [0.2, 0.25) is 11.8 Å². The second kappa shape index (κ2) is 24.1. The number of amides is 4. The molecule has 0 saturated heterocycles. The zero-order valence-corrected chi connectivity index (χ0v) is 25.7. The van der Waals surface area contributed by atoms with Gasteiger partial charge >= 0.3 is 0 Å². The highest BCUT2D eigenvalue weighted by molar-refractivity contribution is 5.88. The molecule has 0 fully saturated rings. The van der Waals surface area contributed by atoms with E-state index in [-0.39, 0.29) is 0 Å². The molecule has 0 aromatic carbocycles. The number of aliphatic hydroxyl groups is 4. The van der Waals surface area contributed by atoms with Crippen LogP contribution in [0.4, 0.5) is 0 Å². The van der Waals surface area contributed by atoms with Crippen molar-refractivity contribution >= 4 is 23.6 Å². The van der Waals surface area contributed by atoms with Gasteiger partial charge in [-0.3, -0.25) is 19.2 Å². The van der Waals surface area contributed by atoms with Gasteiger partial charge in [0.05, 0.1) is 13.1 Å². The molecule has 15 heteroatoms. The number of hydrogen-bond donors (Lipinski definition) is 9. The molecule has 42 heavy (non-hydrogen) atoms. The lowest BCUT2D eigenvalue weighted by molar-refractivity contribution is -0.155. The third-order valence-corrected chi connectivity index (χ3v) is 6.47. The van der Waals surface area contributed by atoms with Crippen LogP contribution in [-0.2, 0) is 19.2 Å². The third kappa shape index (κ3) is 17.5. The Morgan fingerprint density at radius 3 is 1.36 bits per heavy atom. The van der Waals surface area contributed by atoms with Gasteiger partial charge in [0, 0.05) is 39.3 Å². The molecule has 0 spiro atoms. The topological polar surface area (TPSA) is 216 Å². The number of carbonyl (C=O) groups excluding carboxylic acids is 4. The molecule has 0 aromatic rings. The van der Waals surface area contributed by atoms with Crippen LogP contribution < -0.4 is 26.6 Å². The van der Waals surface area contributed by atoms with Gasteiger partial charge in [0.25, 0.3) is 11.8 Å². The van der Waals surface area contributed by atoms with E-state index in [0.717, 1.165) is 58.4 Å². The first-order valence-electron chi connectivity index (χ1n) is 14.9. The smallest absolute Gasteiger partial charge is 0.252 e. The van der Waals surface area contributed by atoms with E-state index in [1.54, 1.807) is 0 Å². The van der Waals surface area contributed by atoms with E-state index in [1.165, 1.54) is 0 Å². The maximum absolute atomic E-state index is 12.2. The standard InChI is InChI=1S/C27H55N7O8/c1-5-8-14-33(12-6-2)16-10-29-20(35)18-31-26(41)24(39)22(37)23(38)25(40)27(42)32-19-21(36)30-11-17-34(13-7-3)15-9-28-4/h22-25,28,37-40H,5-19H2,1-4H3,(H,29,35)(H,30,36)(H,31,41)(H,32,42)/t22-,23-,24-,25+/m0/s1. The predicted molar refractivity (Wildman–Crippen MR) is 158 cm³/mol. The van der Waals surface area contributed by atoms with Crippen LogP contribution in [0.2, 0.25) is 0 Å². The molecule has 4 atom stereocenters. The molecule has 0 unspecified atom stereocenters. The van der Waals surface area contributed by atoms with Crippen molar-refractivity contribution in [1.82, 2.24) is 36.4 Å². The highest BCUT2D eigenvalue weighted by atomic mass is 16.4. The second-order valence-corrected chi connectivity index (χ2v) is 10.1.